The van der Waals surface area contributed by atoms with Gasteiger partial charge in [0.1, 0.15) is 0 Å². The van der Waals surface area contributed by atoms with E-state index in [4.69, 9.17) is 10.5 Å². The van der Waals surface area contributed by atoms with Crippen molar-refractivity contribution in [1.29, 1.82) is 10.5 Å². The van der Waals surface area contributed by atoms with E-state index in [-0.39, 0.29) is 11.1 Å². The molecule has 3 nitrogen and oxygen atoms in total. The van der Waals surface area contributed by atoms with Crippen molar-refractivity contribution in [3.05, 3.63) is 41.8 Å². The number of hydrogen-bond acceptors (Lipinski definition) is 3. The van der Waals surface area contributed by atoms with Crippen molar-refractivity contribution in [2.45, 2.75) is 0 Å². The fourth-order valence-corrected chi connectivity index (χ4v) is 0.949. The maximum atomic E-state index is 10.9. The molecule has 0 amide bonds. The molecule has 0 atom stereocenters. The highest BCUT2D eigenvalue weighted by Gasteiger charge is 2.06. The molecular formula is C10H5N2O. The van der Waals surface area contributed by atoms with Crippen LogP contribution in [0.5, 0.6) is 0 Å². The second-order valence-corrected chi connectivity index (χ2v) is 2.41. The fraction of sp³-hybridized carbons (Fsp3) is 0. The molecule has 0 aliphatic rings. The third kappa shape index (κ3) is 1.72. The molecule has 13 heavy (non-hydrogen) atoms. The molecular weight excluding hydrogens is 164 g/mol. The second-order valence-electron chi connectivity index (χ2n) is 2.41. The van der Waals surface area contributed by atoms with Crippen LogP contribution in [0, 0.1) is 29.6 Å². The highest BCUT2D eigenvalue weighted by Crippen LogP contribution is 2.10. The lowest BCUT2D eigenvalue weighted by molar-refractivity contribution is 0.104. The third-order valence-electron chi connectivity index (χ3n) is 1.57. The molecule has 1 rings (SSSR count). The summed E-state index contributed by atoms with van der Waals surface area (Å²) in [6.07, 6.45) is 0. The van der Waals surface area contributed by atoms with Crippen LogP contribution in [-0.2, 0) is 0 Å². The van der Waals surface area contributed by atoms with Gasteiger partial charge in [0, 0.05) is 12.5 Å². The molecule has 1 radical (unpaired) electrons. The molecule has 0 aliphatic carbocycles. The highest BCUT2D eigenvalue weighted by molar-refractivity contribution is 6.01. The SMILES string of the molecule is [CH2]C(=O)c1ccc(C#N)cc1C#N. The van der Waals surface area contributed by atoms with Crippen molar-refractivity contribution < 1.29 is 4.79 Å². The van der Waals surface area contributed by atoms with Gasteiger partial charge in [-0.15, -0.1) is 0 Å². The predicted octanol–water partition coefficient (Wildman–Crippen LogP) is 1.45. The zero-order valence-electron chi connectivity index (χ0n) is 6.74. The Morgan fingerprint density at radius 3 is 2.46 bits per heavy atom. The van der Waals surface area contributed by atoms with E-state index in [9.17, 15) is 4.79 Å². The van der Waals surface area contributed by atoms with E-state index in [0.29, 0.717) is 5.56 Å². The molecule has 0 saturated heterocycles. The molecule has 61 valence electrons. The van der Waals surface area contributed by atoms with Crippen molar-refractivity contribution in [3.63, 3.8) is 0 Å². The van der Waals surface area contributed by atoms with Crippen molar-refractivity contribution in [2.24, 2.45) is 0 Å². The number of hydrogen-bond donors (Lipinski definition) is 0. The Balaban J connectivity index is 3.36. The largest absolute Gasteiger partial charge is 0.294 e. The Morgan fingerprint density at radius 1 is 1.31 bits per heavy atom. The summed E-state index contributed by atoms with van der Waals surface area (Å²) in [6, 6.07) is 8.02. The van der Waals surface area contributed by atoms with Crippen molar-refractivity contribution in [1.82, 2.24) is 0 Å². The minimum atomic E-state index is -0.416. The van der Waals surface area contributed by atoms with Crippen LogP contribution in [0.1, 0.15) is 21.5 Å². The van der Waals surface area contributed by atoms with E-state index in [2.05, 4.69) is 6.92 Å². The smallest absolute Gasteiger partial charge is 0.164 e. The van der Waals surface area contributed by atoms with E-state index in [1.165, 1.54) is 18.2 Å². The summed E-state index contributed by atoms with van der Waals surface area (Å²) in [5.74, 6) is -0.416. The van der Waals surface area contributed by atoms with Gasteiger partial charge in [-0.3, -0.25) is 4.79 Å². The average Bonchev–Trinajstić information content (AvgIpc) is 2.16. The van der Waals surface area contributed by atoms with Gasteiger partial charge >= 0.3 is 0 Å². The quantitative estimate of drug-likeness (QED) is 0.597. The van der Waals surface area contributed by atoms with Crippen LogP contribution in [0.2, 0.25) is 0 Å². The predicted molar refractivity (Wildman–Crippen MR) is 45.6 cm³/mol. The minimum absolute atomic E-state index is 0.194. The number of ketones is 1. The third-order valence-corrected chi connectivity index (χ3v) is 1.57. The molecule has 0 unspecified atom stereocenters. The van der Waals surface area contributed by atoms with Crippen LogP contribution in [-0.4, -0.2) is 5.78 Å². The van der Waals surface area contributed by atoms with Crippen LogP contribution < -0.4 is 0 Å². The first-order valence-corrected chi connectivity index (χ1v) is 3.49. The Bertz CT molecular complexity index is 435. The Morgan fingerprint density at radius 2 is 2.00 bits per heavy atom. The second kappa shape index (κ2) is 3.51. The summed E-state index contributed by atoms with van der Waals surface area (Å²) in [5.41, 5.74) is 0.808. The van der Waals surface area contributed by atoms with Gasteiger partial charge in [0.2, 0.25) is 0 Å². The summed E-state index contributed by atoms with van der Waals surface area (Å²) in [5, 5.41) is 17.2. The molecule has 0 fully saturated rings. The van der Waals surface area contributed by atoms with Crippen LogP contribution in [0.4, 0.5) is 0 Å². The summed E-state index contributed by atoms with van der Waals surface area (Å²) >= 11 is 0. The molecule has 0 aliphatic heterocycles. The van der Waals surface area contributed by atoms with Gasteiger partial charge in [-0.2, -0.15) is 10.5 Å². The Hall–Kier alpha value is -2.13. The van der Waals surface area contributed by atoms with Gasteiger partial charge in [0.15, 0.2) is 5.78 Å². The maximum Gasteiger partial charge on any atom is 0.164 e. The molecule has 1 aromatic carbocycles. The van der Waals surface area contributed by atoms with E-state index in [1.807, 2.05) is 12.1 Å². The van der Waals surface area contributed by atoms with Gasteiger partial charge in [-0.05, 0) is 18.2 Å². The molecule has 0 saturated carbocycles. The highest BCUT2D eigenvalue weighted by atomic mass is 16.1. The van der Waals surface area contributed by atoms with Crippen molar-refractivity contribution >= 4 is 5.78 Å². The van der Waals surface area contributed by atoms with Gasteiger partial charge < -0.3 is 0 Å². The Labute approximate surface area is 75.8 Å². The number of nitrogens with zero attached hydrogens (tertiary/aromatic N) is 2. The Kier molecular flexibility index (Phi) is 2.42. The molecule has 3 heteroatoms. The molecule has 0 spiro atoms. The fourth-order valence-electron chi connectivity index (χ4n) is 0.949. The number of benzene rings is 1. The van der Waals surface area contributed by atoms with Crippen molar-refractivity contribution in [2.75, 3.05) is 0 Å². The number of nitriles is 2. The first kappa shape index (κ1) is 8.96. The van der Waals surface area contributed by atoms with Gasteiger partial charge in [0.05, 0.1) is 23.3 Å². The van der Waals surface area contributed by atoms with Gasteiger partial charge in [0.25, 0.3) is 0 Å². The molecule has 0 bridgehead atoms. The van der Waals surface area contributed by atoms with Crippen LogP contribution in [0.25, 0.3) is 0 Å². The number of Topliss-reactive ketones (excluding diaryl/α,β-unsaturated/α-hetero) is 1. The lowest BCUT2D eigenvalue weighted by Gasteiger charge is -1.97. The molecule has 0 N–H and O–H groups in total. The first-order valence-electron chi connectivity index (χ1n) is 3.49. The molecule has 0 aromatic heterocycles. The van der Waals surface area contributed by atoms with Crippen molar-refractivity contribution in [3.8, 4) is 12.1 Å². The standard InChI is InChI=1S/C10H5N2O/c1-7(13)10-3-2-8(5-11)4-9(10)6-12/h2-4H,1H2. The molecule has 1 aromatic rings. The normalized spacial score (nSPS) is 8.54. The summed E-state index contributed by atoms with van der Waals surface area (Å²) in [4.78, 5) is 10.9. The van der Waals surface area contributed by atoms with Crippen LogP contribution >= 0.6 is 0 Å². The van der Waals surface area contributed by atoms with E-state index < -0.39 is 5.78 Å². The van der Waals surface area contributed by atoms with E-state index >= 15 is 0 Å². The van der Waals surface area contributed by atoms with Crippen LogP contribution in [0.15, 0.2) is 18.2 Å². The maximum absolute atomic E-state index is 10.9. The number of carbonyl (C=O) groups excluding carboxylic acids is 1. The monoisotopic (exact) mass is 169 g/mol. The average molecular weight is 169 g/mol. The van der Waals surface area contributed by atoms with Gasteiger partial charge in [-0.25, -0.2) is 0 Å². The van der Waals surface area contributed by atoms with Gasteiger partial charge in [-0.1, -0.05) is 0 Å². The van der Waals surface area contributed by atoms with E-state index in [0.717, 1.165) is 0 Å². The minimum Gasteiger partial charge on any atom is -0.294 e. The lowest BCUT2D eigenvalue weighted by atomic mass is 10.0. The summed E-state index contributed by atoms with van der Waals surface area (Å²) in [6.45, 7) is 3.20. The lowest BCUT2D eigenvalue weighted by Crippen LogP contribution is -1.97. The summed E-state index contributed by atoms with van der Waals surface area (Å²) < 4.78 is 0. The summed E-state index contributed by atoms with van der Waals surface area (Å²) in [7, 11) is 0. The zero-order valence-corrected chi connectivity index (χ0v) is 6.74. The van der Waals surface area contributed by atoms with E-state index in [1.54, 1.807) is 0 Å². The molecule has 0 heterocycles. The zero-order chi connectivity index (χ0) is 9.84. The number of carbonyl (C=O) groups is 1. The number of rotatable bonds is 1. The van der Waals surface area contributed by atoms with Crippen LogP contribution in [0.3, 0.4) is 0 Å². The first-order chi connectivity index (χ1) is 6.19. The topological polar surface area (TPSA) is 64.7 Å².